The van der Waals surface area contributed by atoms with Crippen LogP contribution in [-0.4, -0.2) is 13.1 Å². The van der Waals surface area contributed by atoms with Gasteiger partial charge in [-0.3, -0.25) is 0 Å². The Labute approximate surface area is 51.5 Å². The summed E-state index contributed by atoms with van der Waals surface area (Å²) in [5.74, 6) is 2.20. The van der Waals surface area contributed by atoms with E-state index in [1.165, 1.54) is 19.5 Å². The Kier molecular flexibility index (Phi) is 1.90. The molecule has 0 radical (unpaired) electrons. The molecule has 0 aromatic carbocycles. The molecule has 1 N–H and O–H groups in total. The van der Waals surface area contributed by atoms with Gasteiger partial charge in [0, 0.05) is 0 Å². The van der Waals surface area contributed by atoms with E-state index in [1.54, 1.807) is 0 Å². The maximum atomic E-state index is 3.32. The van der Waals surface area contributed by atoms with Gasteiger partial charge in [-0.1, -0.05) is 13.8 Å². The highest BCUT2D eigenvalue weighted by Gasteiger charge is 2.40. The van der Waals surface area contributed by atoms with Crippen molar-refractivity contribution in [3.05, 3.63) is 0 Å². The van der Waals surface area contributed by atoms with Gasteiger partial charge in [-0.25, -0.2) is 0 Å². The zero-order valence-corrected chi connectivity index (χ0v) is 5.78. The molecule has 1 nitrogen and oxygen atoms in total. The molecule has 1 saturated carbocycles. The summed E-state index contributed by atoms with van der Waals surface area (Å²) < 4.78 is 0. The second-order valence-corrected chi connectivity index (χ2v) is 2.41. The first-order chi connectivity index (χ1) is 3.97. The first kappa shape index (κ1) is 6.09. The first-order valence-electron chi connectivity index (χ1n) is 3.67. The number of hydrogen-bond acceptors (Lipinski definition) is 1. The van der Waals surface area contributed by atoms with Crippen LogP contribution < -0.4 is 5.32 Å². The molecule has 1 heteroatoms. The van der Waals surface area contributed by atoms with Gasteiger partial charge in [-0.15, -0.1) is 0 Å². The molecule has 1 aliphatic carbocycles. The molecular formula is C7H15N. The third-order valence-electron chi connectivity index (χ3n) is 1.88. The van der Waals surface area contributed by atoms with E-state index < -0.39 is 0 Å². The highest BCUT2D eigenvalue weighted by Crippen LogP contribution is 2.40. The molecule has 2 rings (SSSR count). The molecule has 48 valence electrons. The SMILES string of the molecule is C1NCC2CC12.CC. The first-order valence-corrected chi connectivity index (χ1v) is 3.67. The topological polar surface area (TPSA) is 12.0 Å². The van der Waals surface area contributed by atoms with Crippen LogP contribution in [0.25, 0.3) is 0 Å². The highest BCUT2D eigenvalue weighted by molar-refractivity contribution is 4.94. The van der Waals surface area contributed by atoms with E-state index >= 15 is 0 Å². The van der Waals surface area contributed by atoms with Crippen molar-refractivity contribution in [2.75, 3.05) is 13.1 Å². The molecule has 0 spiro atoms. The van der Waals surface area contributed by atoms with Gasteiger partial charge < -0.3 is 5.32 Å². The summed E-state index contributed by atoms with van der Waals surface area (Å²) in [6.07, 6.45) is 1.52. The number of hydrogen-bond donors (Lipinski definition) is 1. The fraction of sp³-hybridized carbons (Fsp3) is 1.00. The smallest absolute Gasteiger partial charge is 0.00172 e. The number of nitrogens with one attached hydrogen (secondary N) is 1. The largest absolute Gasteiger partial charge is 0.316 e. The number of piperidine rings is 1. The monoisotopic (exact) mass is 113 g/mol. The van der Waals surface area contributed by atoms with E-state index in [-0.39, 0.29) is 0 Å². The molecule has 2 atom stereocenters. The fourth-order valence-electron chi connectivity index (χ4n) is 1.26. The summed E-state index contributed by atoms with van der Waals surface area (Å²) in [7, 11) is 0. The van der Waals surface area contributed by atoms with E-state index in [1.807, 2.05) is 13.8 Å². The Balaban J connectivity index is 0.000000147. The van der Waals surface area contributed by atoms with E-state index in [0.29, 0.717) is 0 Å². The molecule has 0 amide bonds. The van der Waals surface area contributed by atoms with Crippen molar-refractivity contribution in [2.24, 2.45) is 11.8 Å². The van der Waals surface area contributed by atoms with Crippen molar-refractivity contribution in [1.29, 1.82) is 0 Å². The fourth-order valence-corrected chi connectivity index (χ4v) is 1.26. The molecule has 2 fully saturated rings. The Morgan fingerprint density at radius 2 is 1.62 bits per heavy atom. The molecule has 0 aromatic heterocycles. The highest BCUT2D eigenvalue weighted by atomic mass is 14.9. The standard InChI is InChI=1S/C5H9N.C2H6/c1-4-2-6-3-5(1)4;1-2/h4-6H,1-3H2;1-2H3. The quantitative estimate of drug-likeness (QED) is 0.498. The third-order valence-corrected chi connectivity index (χ3v) is 1.88. The molecule has 0 aromatic rings. The van der Waals surface area contributed by atoms with E-state index in [9.17, 15) is 0 Å². The lowest BCUT2D eigenvalue weighted by atomic mass is 10.4. The molecule has 8 heavy (non-hydrogen) atoms. The van der Waals surface area contributed by atoms with Crippen molar-refractivity contribution in [3.8, 4) is 0 Å². The molecule has 0 bridgehead atoms. The normalized spacial score (nSPS) is 39.8. The molecular weight excluding hydrogens is 98.1 g/mol. The van der Waals surface area contributed by atoms with Crippen LogP contribution in [0.2, 0.25) is 0 Å². The maximum absolute atomic E-state index is 3.32. The van der Waals surface area contributed by atoms with Crippen LogP contribution in [-0.2, 0) is 0 Å². The van der Waals surface area contributed by atoms with Crippen LogP contribution in [0.15, 0.2) is 0 Å². The summed E-state index contributed by atoms with van der Waals surface area (Å²) in [5.41, 5.74) is 0. The Morgan fingerprint density at radius 1 is 1.12 bits per heavy atom. The molecule has 1 aliphatic heterocycles. The van der Waals surface area contributed by atoms with Crippen LogP contribution in [0.5, 0.6) is 0 Å². The van der Waals surface area contributed by atoms with Crippen LogP contribution in [0.1, 0.15) is 20.3 Å². The van der Waals surface area contributed by atoms with Gasteiger partial charge in [0.05, 0.1) is 0 Å². The van der Waals surface area contributed by atoms with Crippen LogP contribution in [0, 0.1) is 11.8 Å². The van der Waals surface area contributed by atoms with Gasteiger partial charge in [0.1, 0.15) is 0 Å². The third kappa shape index (κ3) is 1.03. The summed E-state index contributed by atoms with van der Waals surface area (Å²) >= 11 is 0. The molecule has 2 aliphatic rings. The lowest BCUT2D eigenvalue weighted by molar-refractivity contribution is 0.732. The zero-order chi connectivity index (χ0) is 5.98. The maximum Gasteiger partial charge on any atom is -0.00172 e. The van der Waals surface area contributed by atoms with Crippen molar-refractivity contribution in [2.45, 2.75) is 20.3 Å². The second-order valence-electron chi connectivity index (χ2n) is 2.41. The lowest BCUT2D eigenvalue weighted by Crippen LogP contribution is -2.10. The summed E-state index contributed by atoms with van der Waals surface area (Å²) in [5, 5.41) is 3.32. The van der Waals surface area contributed by atoms with E-state index in [4.69, 9.17) is 0 Å². The van der Waals surface area contributed by atoms with Crippen molar-refractivity contribution < 1.29 is 0 Å². The van der Waals surface area contributed by atoms with Crippen LogP contribution >= 0.6 is 0 Å². The number of fused-ring (bicyclic) bond motifs is 1. The lowest BCUT2D eigenvalue weighted by Gasteiger charge is -1.87. The van der Waals surface area contributed by atoms with Crippen molar-refractivity contribution >= 4 is 0 Å². The van der Waals surface area contributed by atoms with Gasteiger partial charge in [0.25, 0.3) is 0 Å². The molecule has 1 heterocycles. The van der Waals surface area contributed by atoms with E-state index in [0.717, 1.165) is 11.8 Å². The second kappa shape index (κ2) is 2.49. The average Bonchev–Trinajstić information content (AvgIpc) is 2.46. The zero-order valence-electron chi connectivity index (χ0n) is 5.78. The van der Waals surface area contributed by atoms with Gasteiger partial charge in [0.2, 0.25) is 0 Å². The van der Waals surface area contributed by atoms with Gasteiger partial charge in [0.15, 0.2) is 0 Å². The van der Waals surface area contributed by atoms with Crippen LogP contribution in [0.3, 0.4) is 0 Å². The predicted octanol–water partition coefficient (Wildman–Crippen LogP) is 1.25. The summed E-state index contributed by atoms with van der Waals surface area (Å²) in [6, 6.07) is 0. The Morgan fingerprint density at radius 3 is 1.75 bits per heavy atom. The van der Waals surface area contributed by atoms with Crippen molar-refractivity contribution in [1.82, 2.24) is 5.32 Å². The Hall–Kier alpha value is -0.0400. The number of rotatable bonds is 0. The molecule has 1 saturated heterocycles. The Bertz CT molecular complexity index is 62.8. The van der Waals surface area contributed by atoms with Gasteiger partial charge in [-0.2, -0.15) is 0 Å². The summed E-state index contributed by atoms with van der Waals surface area (Å²) in [4.78, 5) is 0. The minimum atomic E-state index is 1.10. The minimum absolute atomic E-state index is 1.10. The summed E-state index contributed by atoms with van der Waals surface area (Å²) in [6.45, 7) is 6.62. The average molecular weight is 113 g/mol. The van der Waals surface area contributed by atoms with Crippen molar-refractivity contribution in [3.63, 3.8) is 0 Å². The van der Waals surface area contributed by atoms with Gasteiger partial charge >= 0.3 is 0 Å². The van der Waals surface area contributed by atoms with E-state index in [2.05, 4.69) is 5.32 Å². The minimum Gasteiger partial charge on any atom is -0.316 e. The van der Waals surface area contributed by atoms with Gasteiger partial charge in [-0.05, 0) is 31.3 Å². The van der Waals surface area contributed by atoms with Crippen LogP contribution in [0.4, 0.5) is 0 Å². The molecule has 2 unspecified atom stereocenters. The predicted molar refractivity (Wildman–Crippen MR) is 35.8 cm³/mol.